The van der Waals surface area contributed by atoms with Gasteiger partial charge in [-0.15, -0.1) is 0 Å². The number of aromatic nitrogens is 1. The summed E-state index contributed by atoms with van der Waals surface area (Å²) in [6.07, 6.45) is 3.70. The van der Waals surface area contributed by atoms with Gasteiger partial charge in [-0.1, -0.05) is 0 Å². The highest BCUT2D eigenvalue weighted by Crippen LogP contribution is 2.10. The summed E-state index contributed by atoms with van der Waals surface area (Å²) in [7, 11) is 0. The van der Waals surface area contributed by atoms with Gasteiger partial charge in [-0.3, -0.25) is 9.78 Å². The standard InChI is InChI=1S/C14H24N4O/c1-3-18(4-2)14(19)13-11-12(7-10-17-13)16-9-6-5-8-15/h7,10-11H,3-6,8-9,15H2,1-2H3,(H,16,17). The van der Waals surface area contributed by atoms with Crippen molar-refractivity contribution in [2.45, 2.75) is 26.7 Å². The van der Waals surface area contributed by atoms with E-state index in [-0.39, 0.29) is 5.91 Å². The largest absolute Gasteiger partial charge is 0.385 e. The number of nitrogens with two attached hydrogens (primary N) is 1. The van der Waals surface area contributed by atoms with Crippen LogP contribution in [0.25, 0.3) is 0 Å². The highest BCUT2D eigenvalue weighted by molar-refractivity contribution is 5.93. The van der Waals surface area contributed by atoms with Gasteiger partial charge in [-0.25, -0.2) is 0 Å². The van der Waals surface area contributed by atoms with Gasteiger partial charge >= 0.3 is 0 Å². The lowest BCUT2D eigenvalue weighted by atomic mass is 10.2. The molecule has 19 heavy (non-hydrogen) atoms. The number of unbranched alkanes of at least 4 members (excludes halogenated alkanes) is 1. The van der Waals surface area contributed by atoms with E-state index < -0.39 is 0 Å². The Hall–Kier alpha value is -1.62. The number of hydrogen-bond donors (Lipinski definition) is 2. The predicted molar refractivity (Wildman–Crippen MR) is 78.3 cm³/mol. The first-order chi connectivity index (χ1) is 9.22. The first-order valence-electron chi connectivity index (χ1n) is 6.92. The number of carbonyl (C=O) groups excluding carboxylic acids is 1. The molecule has 1 amide bonds. The molecule has 0 bridgehead atoms. The molecule has 0 saturated heterocycles. The Morgan fingerprint density at radius 1 is 1.37 bits per heavy atom. The molecule has 0 aliphatic heterocycles. The zero-order chi connectivity index (χ0) is 14.1. The quantitative estimate of drug-likeness (QED) is 0.701. The van der Waals surface area contributed by atoms with Crippen LogP contribution in [0.15, 0.2) is 18.3 Å². The van der Waals surface area contributed by atoms with Crippen molar-refractivity contribution >= 4 is 11.6 Å². The minimum atomic E-state index is -0.0180. The molecule has 0 unspecified atom stereocenters. The van der Waals surface area contributed by atoms with Crippen molar-refractivity contribution in [3.63, 3.8) is 0 Å². The van der Waals surface area contributed by atoms with Gasteiger partial charge in [0, 0.05) is 31.5 Å². The number of pyridine rings is 1. The summed E-state index contributed by atoms with van der Waals surface area (Å²) in [5, 5.41) is 3.28. The molecule has 1 aromatic heterocycles. The van der Waals surface area contributed by atoms with E-state index in [0.29, 0.717) is 25.3 Å². The van der Waals surface area contributed by atoms with E-state index in [4.69, 9.17) is 5.73 Å². The summed E-state index contributed by atoms with van der Waals surface area (Å²) in [5.41, 5.74) is 6.87. The molecular weight excluding hydrogens is 240 g/mol. The lowest BCUT2D eigenvalue weighted by Crippen LogP contribution is -2.31. The molecule has 1 heterocycles. The molecule has 5 heteroatoms. The smallest absolute Gasteiger partial charge is 0.272 e. The summed E-state index contributed by atoms with van der Waals surface area (Å²) in [4.78, 5) is 18.1. The zero-order valence-electron chi connectivity index (χ0n) is 11.9. The topological polar surface area (TPSA) is 71.2 Å². The third kappa shape index (κ3) is 4.87. The van der Waals surface area contributed by atoms with Crippen molar-refractivity contribution in [1.29, 1.82) is 0 Å². The number of nitrogens with one attached hydrogen (secondary N) is 1. The number of rotatable bonds is 8. The number of hydrogen-bond acceptors (Lipinski definition) is 4. The first-order valence-corrected chi connectivity index (χ1v) is 6.92. The fourth-order valence-electron chi connectivity index (χ4n) is 1.83. The molecular formula is C14H24N4O. The normalized spacial score (nSPS) is 10.3. The lowest BCUT2D eigenvalue weighted by molar-refractivity contribution is 0.0767. The third-order valence-electron chi connectivity index (χ3n) is 2.99. The molecule has 0 fully saturated rings. The van der Waals surface area contributed by atoms with Crippen molar-refractivity contribution in [2.75, 3.05) is 31.5 Å². The van der Waals surface area contributed by atoms with Crippen LogP contribution in [-0.2, 0) is 0 Å². The zero-order valence-corrected chi connectivity index (χ0v) is 11.9. The molecule has 1 aromatic rings. The minimum Gasteiger partial charge on any atom is -0.385 e. The van der Waals surface area contributed by atoms with Crippen molar-refractivity contribution in [1.82, 2.24) is 9.88 Å². The fraction of sp³-hybridized carbons (Fsp3) is 0.571. The summed E-state index contributed by atoms with van der Waals surface area (Å²) in [6.45, 7) is 6.91. The number of carbonyl (C=O) groups is 1. The van der Waals surface area contributed by atoms with E-state index in [9.17, 15) is 4.79 Å². The molecule has 0 spiro atoms. The average molecular weight is 264 g/mol. The van der Waals surface area contributed by atoms with E-state index in [2.05, 4.69) is 10.3 Å². The predicted octanol–water partition coefficient (Wildman–Crippen LogP) is 1.71. The van der Waals surface area contributed by atoms with E-state index >= 15 is 0 Å². The fourth-order valence-corrected chi connectivity index (χ4v) is 1.83. The van der Waals surface area contributed by atoms with Crippen LogP contribution < -0.4 is 11.1 Å². The maximum atomic E-state index is 12.2. The Kier molecular flexibility index (Phi) is 6.89. The highest BCUT2D eigenvalue weighted by Gasteiger charge is 2.13. The van der Waals surface area contributed by atoms with E-state index in [0.717, 1.165) is 25.1 Å². The van der Waals surface area contributed by atoms with Crippen LogP contribution in [0.1, 0.15) is 37.2 Å². The van der Waals surface area contributed by atoms with Gasteiger partial charge < -0.3 is 16.0 Å². The van der Waals surface area contributed by atoms with Crippen LogP contribution in [0.5, 0.6) is 0 Å². The van der Waals surface area contributed by atoms with E-state index in [1.807, 2.05) is 26.0 Å². The molecule has 0 radical (unpaired) electrons. The van der Waals surface area contributed by atoms with Gasteiger partial charge in [0.05, 0.1) is 0 Å². The molecule has 5 nitrogen and oxygen atoms in total. The second-order valence-electron chi connectivity index (χ2n) is 4.33. The van der Waals surface area contributed by atoms with E-state index in [1.54, 1.807) is 11.1 Å². The molecule has 0 saturated carbocycles. The molecule has 0 atom stereocenters. The van der Waals surface area contributed by atoms with Gasteiger partial charge in [0.2, 0.25) is 0 Å². The first kappa shape index (κ1) is 15.4. The SMILES string of the molecule is CCN(CC)C(=O)c1cc(NCCCCN)ccn1. The van der Waals surface area contributed by atoms with Crippen molar-refractivity contribution in [3.05, 3.63) is 24.0 Å². The maximum absolute atomic E-state index is 12.2. The lowest BCUT2D eigenvalue weighted by Gasteiger charge is -2.18. The Morgan fingerprint density at radius 2 is 2.11 bits per heavy atom. The Labute approximate surface area is 115 Å². The van der Waals surface area contributed by atoms with Crippen molar-refractivity contribution in [3.8, 4) is 0 Å². The maximum Gasteiger partial charge on any atom is 0.272 e. The number of amides is 1. The molecule has 1 rings (SSSR count). The van der Waals surface area contributed by atoms with Gasteiger partial charge in [0.25, 0.3) is 5.91 Å². The average Bonchev–Trinajstić information content (AvgIpc) is 2.45. The summed E-state index contributed by atoms with van der Waals surface area (Å²) in [6, 6.07) is 3.69. The third-order valence-corrected chi connectivity index (χ3v) is 2.99. The monoisotopic (exact) mass is 264 g/mol. The van der Waals surface area contributed by atoms with E-state index in [1.165, 1.54) is 0 Å². The number of anilines is 1. The second kappa shape index (κ2) is 8.48. The Bertz CT molecular complexity index is 391. The van der Waals surface area contributed by atoms with Gasteiger partial charge in [-0.05, 0) is 45.4 Å². The molecule has 0 aliphatic rings. The van der Waals surface area contributed by atoms with Crippen LogP contribution in [-0.4, -0.2) is 42.0 Å². The molecule has 0 aromatic carbocycles. The second-order valence-corrected chi connectivity index (χ2v) is 4.33. The van der Waals surface area contributed by atoms with Crippen LogP contribution in [0.3, 0.4) is 0 Å². The highest BCUT2D eigenvalue weighted by atomic mass is 16.2. The van der Waals surface area contributed by atoms with Crippen molar-refractivity contribution < 1.29 is 4.79 Å². The Morgan fingerprint density at radius 3 is 2.74 bits per heavy atom. The molecule has 0 aliphatic carbocycles. The molecule has 3 N–H and O–H groups in total. The van der Waals surface area contributed by atoms with Gasteiger partial charge in [0.15, 0.2) is 0 Å². The summed E-state index contributed by atoms with van der Waals surface area (Å²) in [5.74, 6) is -0.0180. The van der Waals surface area contributed by atoms with Crippen molar-refractivity contribution in [2.24, 2.45) is 5.73 Å². The number of nitrogens with zero attached hydrogens (tertiary/aromatic N) is 2. The van der Waals surface area contributed by atoms with Gasteiger partial charge in [0.1, 0.15) is 5.69 Å². The van der Waals surface area contributed by atoms with Gasteiger partial charge in [-0.2, -0.15) is 0 Å². The summed E-state index contributed by atoms with van der Waals surface area (Å²) < 4.78 is 0. The molecule has 106 valence electrons. The van der Waals surface area contributed by atoms with Crippen LogP contribution >= 0.6 is 0 Å². The van der Waals surface area contributed by atoms with Crippen LogP contribution in [0, 0.1) is 0 Å². The van der Waals surface area contributed by atoms with Crippen LogP contribution in [0.2, 0.25) is 0 Å². The Balaban J connectivity index is 2.63. The minimum absolute atomic E-state index is 0.0180. The van der Waals surface area contributed by atoms with Crippen LogP contribution in [0.4, 0.5) is 5.69 Å². The summed E-state index contributed by atoms with van der Waals surface area (Å²) >= 11 is 0.